The molecular weight excluding hydrogens is 281 g/mol. The molecule has 0 saturated heterocycles. The zero-order valence-electron chi connectivity index (χ0n) is 11.8. The molecular formula is C14H20FNO3S. The van der Waals surface area contributed by atoms with Gasteiger partial charge in [0.25, 0.3) is 5.91 Å². The fourth-order valence-corrected chi connectivity index (χ4v) is 2.28. The molecule has 1 aromatic carbocycles. The van der Waals surface area contributed by atoms with E-state index in [1.165, 1.54) is 23.9 Å². The molecule has 0 aliphatic heterocycles. The summed E-state index contributed by atoms with van der Waals surface area (Å²) in [6.07, 6.45) is 1.05. The third kappa shape index (κ3) is 4.68. The number of hydrogen-bond acceptors (Lipinski definition) is 4. The first kappa shape index (κ1) is 16.8. The van der Waals surface area contributed by atoms with E-state index in [0.717, 1.165) is 0 Å². The van der Waals surface area contributed by atoms with Crippen molar-refractivity contribution in [1.29, 1.82) is 0 Å². The molecule has 0 aromatic heterocycles. The molecule has 0 bridgehead atoms. The van der Waals surface area contributed by atoms with Crippen LogP contribution < -0.4 is 10.1 Å². The maximum Gasteiger partial charge on any atom is 0.261 e. The van der Waals surface area contributed by atoms with Crippen LogP contribution in [0.15, 0.2) is 24.3 Å². The monoisotopic (exact) mass is 301 g/mol. The van der Waals surface area contributed by atoms with Crippen LogP contribution in [0.5, 0.6) is 5.75 Å². The normalized spacial score (nSPS) is 15.2. The van der Waals surface area contributed by atoms with E-state index in [-0.39, 0.29) is 29.6 Å². The lowest BCUT2D eigenvalue weighted by Crippen LogP contribution is -2.46. The molecule has 0 aliphatic rings. The van der Waals surface area contributed by atoms with Crippen molar-refractivity contribution in [3.8, 4) is 5.75 Å². The number of carbonyl (C=O) groups excluding carboxylic acids is 1. The molecule has 4 nitrogen and oxygen atoms in total. The number of aliphatic hydroxyl groups excluding tert-OH is 1. The van der Waals surface area contributed by atoms with Gasteiger partial charge in [0.1, 0.15) is 0 Å². The third-order valence-corrected chi connectivity index (χ3v) is 4.08. The van der Waals surface area contributed by atoms with Crippen LogP contribution in [-0.2, 0) is 4.79 Å². The molecule has 1 rings (SSSR count). The van der Waals surface area contributed by atoms with E-state index in [0.29, 0.717) is 0 Å². The average Bonchev–Trinajstić information content (AvgIpc) is 2.42. The molecule has 112 valence electrons. The van der Waals surface area contributed by atoms with Crippen LogP contribution in [0.25, 0.3) is 0 Å². The molecule has 1 amide bonds. The van der Waals surface area contributed by atoms with Gasteiger partial charge in [0.2, 0.25) is 0 Å². The second kappa shape index (κ2) is 8.11. The molecule has 2 N–H and O–H groups in total. The molecule has 6 heteroatoms. The van der Waals surface area contributed by atoms with E-state index < -0.39 is 11.9 Å². The molecule has 20 heavy (non-hydrogen) atoms. The van der Waals surface area contributed by atoms with Gasteiger partial charge in [-0.2, -0.15) is 11.8 Å². The fourth-order valence-electron chi connectivity index (χ4n) is 1.66. The SMILES string of the molecule is CSC(CO)C(C)NC(=O)C(C)Oc1ccccc1F. The number of hydrogen-bond donors (Lipinski definition) is 2. The second-order valence-electron chi connectivity index (χ2n) is 4.44. The maximum absolute atomic E-state index is 13.4. The lowest BCUT2D eigenvalue weighted by Gasteiger charge is -2.23. The highest BCUT2D eigenvalue weighted by Gasteiger charge is 2.22. The van der Waals surface area contributed by atoms with Crippen molar-refractivity contribution in [3.63, 3.8) is 0 Å². The minimum atomic E-state index is -0.810. The number of thioether (sulfide) groups is 1. The van der Waals surface area contributed by atoms with Crippen LogP contribution in [0.4, 0.5) is 4.39 Å². The number of rotatable bonds is 7. The predicted molar refractivity (Wildman–Crippen MR) is 78.5 cm³/mol. The highest BCUT2D eigenvalue weighted by Crippen LogP contribution is 2.17. The summed E-state index contributed by atoms with van der Waals surface area (Å²) in [6, 6.07) is 5.74. The Kier molecular flexibility index (Phi) is 6.81. The Balaban J connectivity index is 2.57. The van der Waals surface area contributed by atoms with Crippen molar-refractivity contribution in [2.24, 2.45) is 0 Å². The van der Waals surface area contributed by atoms with Crippen molar-refractivity contribution >= 4 is 17.7 Å². The van der Waals surface area contributed by atoms with Gasteiger partial charge in [-0.25, -0.2) is 4.39 Å². The summed E-state index contributed by atoms with van der Waals surface area (Å²) in [4.78, 5) is 12.0. The summed E-state index contributed by atoms with van der Waals surface area (Å²) in [5.74, 6) is -0.794. The summed E-state index contributed by atoms with van der Waals surface area (Å²) < 4.78 is 18.7. The predicted octanol–water partition coefficient (Wildman–Crippen LogP) is 1.82. The van der Waals surface area contributed by atoms with Gasteiger partial charge in [0, 0.05) is 11.3 Å². The van der Waals surface area contributed by atoms with Crippen LogP contribution in [-0.4, -0.2) is 41.3 Å². The summed E-state index contributed by atoms with van der Waals surface area (Å²) in [7, 11) is 0. The lowest BCUT2D eigenvalue weighted by atomic mass is 10.2. The number of halogens is 1. The van der Waals surface area contributed by atoms with Crippen LogP contribution >= 0.6 is 11.8 Å². The molecule has 3 atom stereocenters. The number of aliphatic hydroxyl groups is 1. The van der Waals surface area contributed by atoms with Crippen molar-refractivity contribution < 1.29 is 19.0 Å². The minimum absolute atomic E-state index is 0.0227. The van der Waals surface area contributed by atoms with Gasteiger partial charge in [0.15, 0.2) is 17.7 Å². The van der Waals surface area contributed by atoms with Crippen molar-refractivity contribution in [2.75, 3.05) is 12.9 Å². The van der Waals surface area contributed by atoms with E-state index in [4.69, 9.17) is 9.84 Å². The molecule has 0 spiro atoms. The Morgan fingerprint density at radius 1 is 1.45 bits per heavy atom. The zero-order chi connectivity index (χ0) is 15.1. The minimum Gasteiger partial charge on any atom is -0.478 e. The Bertz CT molecular complexity index is 440. The number of nitrogens with one attached hydrogen (secondary N) is 1. The van der Waals surface area contributed by atoms with Crippen molar-refractivity contribution in [2.45, 2.75) is 31.2 Å². The Morgan fingerprint density at radius 2 is 2.10 bits per heavy atom. The van der Waals surface area contributed by atoms with Gasteiger partial charge < -0.3 is 15.2 Å². The number of amides is 1. The summed E-state index contributed by atoms with van der Waals surface area (Å²) in [6.45, 7) is 3.35. The first-order valence-electron chi connectivity index (χ1n) is 6.34. The van der Waals surface area contributed by atoms with Gasteiger partial charge in [-0.1, -0.05) is 12.1 Å². The van der Waals surface area contributed by atoms with E-state index in [9.17, 15) is 9.18 Å². The van der Waals surface area contributed by atoms with Crippen LogP contribution in [0, 0.1) is 5.82 Å². The fraction of sp³-hybridized carbons (Fsp3) is 0.500. The lowest BCUT2D eigenvalue weighted by molar-refractivity contribution is -0.128. The first-order valence-corrected chi connectivity index (χ1v) is 7.63. The molecule has 3 unspecified atom stereocenters. The Hall–Kier alpha value is -1.27. The van der Waals surface area contributed by atoms with Gasteiger partial charge >= 0.3 is 0 Å². The summed E-state index contributed by atoms with van der Waals surface area (Å²) in [5, 5.41) is 11.8. The van der Waals surface area contributed by atoms with Gasteiger partial charge in [0.05, 0.1) is 6.61 Å². The maximum atomic E-state index is 13.4. The highest BCUT2D eigenvalue weighted by molar-refractivity contribution is 7.99. The van der Waals surface area contributed by atoms with Crippen LogP contribution in [0.3, 0.4) is 0 Å². The van der Waals surface area contributed by atoms with Crippen molar-refractivity contribution in [1.82, 2.24) is 5.32 Å². The van der Waals surface area contributed by atoms with E-state index >= 15 is 0 Å². The van der Waals surface area contributed by atoms with Crippen molar-refractivity contribution in [3.05, 3.63) is 30.1 Å². The Morgan fingerprint density at radius 3 is 2.65 bits per heavy atom. The van der Waals surface area contributed by atoms with E-state index in [2.05, 4.69) is 5.32 Å². The molecule has 1 aromatic rings. The third-order valence-electron chi connectivity index (χ3n) is 2.92. The second-order valence-corrected chi connectivity index (χ2v) is 5.52. The number of benzene rings is 1. The number of ether oxygens (including phenoxy) is 1. The number of carbonyl (C=O) groups is 1. The molecule has 0 saturated carbocycles. The molecule has 0 radical (unpaired) electrons. The summed E-state index contributed by atoms with van der Waals surface area (Å²) in [5.41, 5.74) is 0. The van der Waals surface area contributed by atoms with Gasteiger partial charge in [-0.15, -0.1) is 0 Å². The van der Waals surface area contributed by atoms with E-state index in [1.807, 2.05) is 13.2 Å². The first-order chi connectivity index (χ1) is 9.49. The quantitative estimate of drug-likeness (QED) is 0.806. The molecule has 0 heterocycles. The highest BCUT2D eigenvalue weighted by atomic mass is 32.2. The van der Waals surface area contributed by atoms with Gasteiger partial charge in [-0.05, 0) is 32.2 Å². The van der Waals surface area contributed by atoms with Crippen LogP contribution in [0.2, 0.25) is 0 Å². The largest absolute Gasteiger partial charge is 0.478 e. The molecule has 0 aliphatic carbocycles. The summed E-state index contributed by atoms with van der Waals surface area (Å²) >= 11 is 1.47. The molecule has 0 fully saturated rings. The number of para-hydroxylation sites is 1. The van der Waals surface area contributed by atoms with Gasteiger partial charge in [-0.3, -0.25) is 4.79 Å². The van der Waals surface area contributed by atoms with Crippen LogP contribution in [0.1, 0.15) is 13.8 Å². The topological polar surface area (TPSA) is 58.6 Å². The van der Waals surface area contributed by atoms with E-state index in [1.54, 1.807) is 19.1 Å². The zero-order valence-corrected chi connectivity index (χ0v) is 12.6. The Labute approximate surface area is 122 Å². The average molecular weight is 301 g/mol. The smallest absolute Gasteiger partial charge is 0.261 e. The standard InChI is InChI=1S/C14H20FNO3S/c1-9(13(8-17)20-3)16-14(18)10(2)19-12-7-5-4-6-11(12)15/h4-7,9-10,13,17H,8H2,1-3H3,(H,16,18).